The van der Waals surface area contributed by atoms with Crippen LogP contribution in [0.1, 0.15) is 11.7 Å². The lowest BCUT2D eigenvalue weighted by atomic mass is 10.1. The molecule has 0 aliphatic rings. The molecule has 0 saturated carbocycles. The first-order chi connectivity index (χ1) is 7.23. The number of benzene rings is 1. The summed E-state index contributed by atoms with van der Waals surface area (Å²) in [6.45, 7) is 0. The topological polar surface area (TPSA) is 91.7 Å². The second kappa shape index (κ2) is 4.52. The highest BCUT2D eigenvalue weighted by Gasteiger charge is 2.19. The van der Waals surface area contributed by atoms with Crippen LogP contribution in [0.4, 0.5) is 0 Å². The van der Waals surface area contributed by atoms with Gasteiger partial charge >= 0.3 is 5.97 Å². The zero-order valence-electron chi connectivity index (χ0n) is 8.21. The Morgan fingerprint density at radius 3 is 2.38 bits per heavy atom. The van der Waals surface area contributed by atoms with Gasteiger partial charge in [-0.15, -0.1) is 0 Å². The number of hydrogen-bond donors (Lipinski definition) is 2. The van der Waals surface area contributed by atoms with Gasteiger partial charge in [-0.2, -0.15) is 0 Å². The zero-order chi connectivity index (χ0) is 12.5. The Bertz CT molecular complexity index is 523. The molecule has 1 aromatic rings. The van der Waals surface area contributed by atoms with Crippen molar-refractivity contribution < 1.29 is 23.4 Å². The lowest BCUT2D eigenvalue weighted by Gasteiger charge is -2.08. The first kappa shape index (κ1) is 13.1. The van der Waals surface area contributed by atoms with Crippen molar-refractivity contribution >= 4 is 31.7 Å². The summed E-state index contributed by atoms with van der Waals surface area (Å²) in [4.78, 5) is 10.6. The Labute approximate surface area is 101 Å². The van der Waals surface area contributed by atoms with Crippen molar-refractivity contribution in [1.29, 1.82) is 0 Å². The van der Waals surface area contributed by atoms with E-state index in [9.17, 15) is 18.3 Å². The van der Waals surface area contributed by atoms with Gasteiger partial charge in [-0.25, -0.2) is 13.2 Å². The molecule has 0 radical (unpaired) electrons. The summed E-state index contributed by atoms with van der Waals surface area (Å²) >= 11 is 3.02. The highest BCUT2D eigenvalue weighted by Crippen LogP contribution is 2.25. The van der Waals surface area contributed by atoms with E-state index in [1.165, 1.54) is 18.2 Å². The van der Waals surface area contributed by atoms with Gasteiger partial charge in [0.05, 0.1) is 4.90 Å². The number of aliphatic carboxylic acids is 1. The molecular weight excluding hydrogens is 300 g/mol. The van der Waals surface area contributed by atoms with E-state index in [1.54, 1.807) is 0 Å². The molecule has 0 saturated heterocycles. The molecule has 1 aromatic carbocycles. The Morgan fingerprint density at radius 2 is 2.00 bits per heavy atom. The van der Waals surface area contributed by atoms with E-state index in [4.69, 9.17) is 5.11 Å². The van der Waals surface area contributed by atoms with Crippen molar-refractivity contribution in [2.24, 2.45) is 0 Å². The molecule has 0 spiro atoms. The minimum Gasteiger partial charge on any atom is -0.479 e. The van der Waals surface area contributed by atoms with Crippen LogP contribution in [0.15, 0.2) is 27.6 Å². The number of carboxylic acid groups (broad SMARTS) is 1. The number of carbonyl (C=O) groups is 1. The van der Waals surface area contributed by atoms with Gasteiger partial charge in [-0.3, -0.25) is 0 Å². The zero-order valence-corrected chi connectivity index (χ0v) is 10.6. The third-order valence-corrected chi connectivity index (χ3v) is 3.98. The molecule has 0 fully saturated rings. The summed E-state index contributed by atoms with van der Waals surface area (Å²) in [7, 11) is -3.37. The lowest BCUT2D eigenvalue weighted by Crippen LogP contribution is -2.11. The van der Waals surface area contributed by atoms with Gasteiger partial charge in [0.25, 0.3) is 0 Å². The van der Waals surface area contributed by atoms with Gasteiger partial charge in [0.1, 0.15) is 0 Å². The van der Waals surface area contributed by atoms with Crippen LogP contribution in [-0.2, 0) is 14.6 Å². The van der Waals surface area contributed by atoms with Crippen LogP contribution in [0.25, 0.3) is 0 Å². The number of rotatable bonds is 3. The number of hydrogen-bond acceptors (Lipinski definition) is 4. The van der Waals surface area contributed by atoms with Crippen molar-refractivity contribution in [3.05, 3.63) is 28.2 Å². The van der Waals surface area contributed by atoms with Crippen molar-refractivity contribution in [1.82, 2.24) is 0 Å². The molecule has 0 amide bonds. The molecule has 1 unspecified atom stereocenters. The van der Waals surface area contributed by atoms with E-state index in [2.05, 4.69) is 15.9 Å². The first-order valence-corrected chi connectivity index (χ1v) is 6.82. The molecule has 0 heterocycles. The van der Waals surface area contributed by atoms with E-state index in [1.807, 2.05) is 0 Å². The van der Waals surface area contributed by atoms with E-state index in [-0.39, 0.29) is 14.9 Å². The Morgan fingerprint density at radius 1 is 1.44 bits per heavy atom. The van der Waals surface area contributed by atoms with Crippen LogP contribution in [0, 0.1) is 0 Å². The standard InChI is InChI=1S/C9H9BrO5S/c1-16(14,15)7-3-2-5(4-6(7)10)8(11)9(12)13/h2-4,8,11H,1H3,(H,12,13). The highest BCUT2D eigenvalue weighted by atomic mass is 79.9. The summed E-state index contributed by atoms with van der Waals surface area (Å²) in [5.41, 5.74) is 0.117. The van der Waals surface area contributed by atoms with Crippen molar-refractivity contribution in [3.8, 4) is 0 Å². The summed E-state index contributed by atoms with van der Waals surface area (Å²) in [6.07, 6.45) is -0.620. The first-order valence-electron chi connectivity index (χ1n) is 4.14. The van der Waals surface area contributed by atoms with Crippen LogP contribution in [0.5, 0.6) is 0 Å². The summed E-state index contributed by atoms with van der Waals surface area (Å²) < 4.78 is 22.7. The minimum absolute atomic E-state index is 0.0499. The average Bonchev–Trinajstić information content (AvgIpc) is 2.14. The van der Waals surface area contributed by atoms with Gasteiger partial charge in [-0.05, 0) is 33.6 Å². The normalized spacial score (nSPS) is 13.4. The third-order valence-electron chi connectivity index (χ3n) is 1.91. The molecule has 1 atom stereocenters. The number of aliphatic hydroxyl groups is 1. The number of aliphatic hydroxyl groups excluding tert-OH is 1. The van der Waals surface area contributed by atoms with Crippen molar-refractivity contribution in [2.75, 3.05) is 6.26 Å². The quantitative estimate of drug-likeness (QED) is 0.868. The number of carboxylic acids is 1. The van der Waals surface area contributed by atoms with E-state index >= 15 is 0 Å². The van der Waals surface area contributed by atoms with Crippen LogP contribution in [0.3, 0.4) is 0 Å². The number of sulfone groups is 1. The second-order valence-corrected chi connectivity index (χ2v) is 6.04. The molecule has 0 aliphatic heterocycles. The number of halogens is 1. The maximum atomic E-state index is 11.3. The maximum absolute atomic E-state index is 11.3. The van der Waals surface area contributed by atoms with E-state index < -0.39 is 21.9 Å². The summed E-state index contributed by atoms with van der Waals surface area (Å²) in [6, 6.07) is 3.79. The van der Waals surface area contributed by atoms with Gasteiger partial charge in [0.2, 0.25) is 0 Å². The van der Waals surface area contributed by atoms with Gasteiger partial charge in [0, 0.05) is 10.7 Å². The second-order valence-electron chi connectivity index (χ2n) is 3.20. The largest absolute Gasteiger partial charge is 0.479 e. The fourth-order valence-electron chi connectivity index (χ4n) is 1.13. The van der Waals surface area contributed by atoms with Gasteiger partial charge < -0.3 is 10.2 Å². The third kappa shape index (κ3) is 2.81. The van der Waals surface area contributed by atoms with E-state index in [0.717, 1.165) is 6.26 Å². The highest BCUT2D eigenvalue weighted by molar-refractivity contribution is 9.10. The Balaban J connectivity index is 3.25. The van der Waals surface area contributed by atoms with Crippen molar-refractivity contribution in [2.45, 2.75) is 11.0 Å². The fraction of sp³-hybridized carbons (Fsp3) is 0.222. The van der Waals surface area contributed by atoms with Crippen LogP contribution in [-0.4, -0.2) is 30.9 Å². The van der Waals surface area contributed by atoms with E-state index in [0.29, 0.717) is 0 Å². The molecule has 0 aliphatic carbocycles. The fourth-order valence-corrected chi connectivity index (χ4v) is 3.14. The predicted molar refractivity (Wildman–Crippen MR) is 59.8 cm³/mol. The van der Waals surface area contributed by atoms with Gasteiger partial charge in [-0.1, -0.05) is 6.07 Å². The predicted octanol–water partition coefficient (Wildman–Crippen LogP) is 0.971. The molecule has 16 heavy (non-hydrogen) atoms. The molecule has 7 heteroatoms. The SMILES string of the molecule is CS(=O)(=O)c1ccc(C(O)C(=O)O)cc1Br. The average molecular weight is 309 g/mol. The molecule has 88 valence electrons. The van der Waals surface area contributed by atoms with Crippen molar-refractivity contribution in [3.63, 3.8) is 0 Å². The minimum atomic E-state index is -3.37. The monoisotopic (exact) mass is 308 g/mol. The molecule has 2 N–H and O–H groups in total. The molecule has 0 aromatic heterocycles. The molecular formula is C9H9BrO5S. The Hall–Kier alpha value is -0.920. The summed E-state index contributed by atoms with van der Waals surface area (Å²) in [5, 5.41) is 17.8. The Kier molecular flexibility index (Phi) is 3.72. The smallest absolute Gasteiger partial charge is 0.337 e. The molecule has 5 nitrogen and oxygen atoms in total. The summed E-state index contributed by atoms with van der Waals surface area (Å²) in [5.74, 6) is -1.39. The molecule has 1 rings (SSSR count). The lowest BCUT2D eigenvalue weighted by molar-refractivity contribution is -0.146. The van der Waals surface area contributed by atoms with Gasteiger partial charge in [0.15, 0.2) is 15.9 Å². The maximum Gasteiger partial charge on any atom is 0.337 e. The van der Waals surface area contributed by atoms with Crippen LogP contribution >= 0.6 is 15.9 Å². The van der Waals surface area contributed by atoms with Crippen LogP contribution in [0.2, 0.25) is 0 Å². The van der Waals surface area contributed by atoms with Crippen LogP contribution < -0.4 is 0 Å². The molecule has 0 bridgehead atoms.